The van der Waals surface area contributed by atoms with Crippen molar-refractivity contribution in [2.45, 2.75) is 51.2 Å². The van der Waals surface area contributed by atoms with Crippen LogP contribution in [0.2, 0.25) is 10.0 Å². The van der Waals surface area contributed by atoms with E-state index in [9.17, 15) is 5.11 Å². The number of nitrogens with one attached hydrogen (secondary N) is 1. The van der Waals surface area contributed by atoms with Gasteiger partial charge >= 0.3 is 0 Å². The van der Waals surface area contributed by atoms with Crippen molar-refractivity contribution in [3.05, 3.63) is 33.8 Å². The van der Waals surface area contributed by atoms with E-state index in [1.807, 2.05) is 19.1 Å². The second kappa shape index (κ2) is 6.65. The predicted octanol–water partition coefficient (Wildman–Crippen LogP) is 4.59. The monoisotopic (exact) mass is 315 g/mol. The van der Waals surface area contributed by atoms with Gasteiger partial charge < -0.3 is 10.4 Å². The number of rotatable bonds is 4. The van der Waals surface area contributed by atoms with Crippen LogP contribution in [0.5, 0.6) is 0 Å². The van der Waals surface area contributed by atoms with Gasteiger partial charge in [0.15, 0.2) is 0 Å². The zero-order valence-electron chi connectivity index (χ0n) is 12.1. The summed E-state index contributed by atoms with van der Waals surface area (Å²) in [4.78, 5) is 0. The minimum atomic E-state index is -0.578. The fourth-order valence-electron chi connectivity index (χ4n) is 2.78. The van der Waals surface area contributed by atoms with Crippen molar-refractivity contribution in [2.75, 3.05) is 6.54 Å². The highest BCUT2D eigenvalue weighted by Crippen LogP contribution is 2.33. The van der Waals surface area contributed by atoms with E-state index in [1.165, 1.54) is 0 Å². The Morgan fingerprint density at radius 2 is 2.00 bits per heavy atom. The minimum absolute atomic E-state index is 0.0737. The summed E-state index contributed by atoms with van der Waals surface area (Å²) in [5, 5.41) is 15.2. The summed E-state index contributed by atoms with van der Waals surface area (Å²) in [6.07, 6.45) is 3.95. The van der Waals surface area contributed by atoms with Crippen LogP contribution in [0.1, 0.15) is 51.1 Å². The Hall–Kier alpha value is -0.280. The molecule has 112 valence electrons. The molecule has 1 unspecified atom stereocenters. The third kappa shape index (κ3) is 3.88. The molecule has 1 aliphatic rings. The van der Waals surface area contributed by atoms with E-state index in [0.717, 1.165) is 37.2 Å². The molecular formula is C16H23Cl2NO. The van der Waals surface area contributed by atoms with Crippen LogP contribution in [-0.4, -0.2) is 17.3 Å². The molecule has 1 aromatic rings. The van der Waals surface area contributed by atoms with E-state index in [-0.39, 0.29) is 6.04 Å². The van der Waals surface area contributed by atoms with Crippen molar-refractivity contribution in [1.82, 2.24) is 5.32 Å². The molecular weight excluding hydrogens is 293 g/mol. The maximum absolute atomic E-state index is 10.6. The van der Waals surface area contributed by atoms with Gasteiger partial charge in [-0.2, -0.15) is 0 Å². The lowest BCUT2D eigenvalue weighted by molar-refractivity contribution is -0.00783. The Bertz CT molecular complexity index is 456. The average molecular weight is 316 g/mol. The van der Waals surface area contributed by atoms with Crippen LogP contribution in [-0.2, 0) is 0 Å². The molecule has 20 heavy (non-hydrogen) atoms. The highest BCUT2D eigenvalue weighted by molar-refractivity contribution is 6.42. The number of aliphatic hydroxyl groups is 1. The number of benzene rings is 1. The zero-order valence-corrected chi connectivity index (χ0v) is 13.6. The van der Waals surface area contributed by atoms with Gasteiger partial charge in [0.1, 0.15) is 0 Å². The van der Waals surface area contributed by atoms with E-state index < -0.39 is 5.60 Å². The highest BCUT2D eigenvalue weighted by Gasteiger charge is 2.31. The Labute approximate surface area is 131 Å². The summed E-state index contributed by atoms with van der Waals surface area (Å²) >= 11 is 12.3. The number of hydrogen-bond donors (Lipinski definition) is 2. The van der Waals surface area contributed by atoms with Crippen LogP contribution in [0.4, 0.5) is 0 Å². The summed E-state index contributed by atoms with van der Waals surface area (Å²) in [5.41, 5.74) is 0.401. The topological polar surface area (TPSA) is 32.3 Å². The zero-order chi connectivity index (χ0) is 14.8. The van der Waals surface area contributed by atoms with Crippen molar-refractivity contribution < 1.29 is 5.11 Å². The van der Waals surface area contributed by atoms with Gasteiger partial charge in [-0.3, -0.25) is 0 Å². The number of halogens is 2. The Morgan fingerprint density at radius 1 is 1.35 bits per heavy atom. The van der Waals surface area contributed by atoms with Crippen molar-refractivity contribution in [3.63, 3.8) is 0 Å². The van der Waals surface area contributed by atoms with E-state index in [1.54, 1.807) is 6.07 Å². The standard InChI is InChI=1S/C16H23Cl2NO/c1-11-6-8-16(20,9-7-11)10-19-12(2)13-4-3-5-14(17)15(13)18/h3-5,11-12,19-20H,6-10H2,1-2H3. The maximum Gasteiger partial charge on any atom is 0.0772 e. The minimum Gasteiger partial charge on any atom is -0.389 e. The van der Waals surface area contributed by atoms with Gasteiger partial charge in [0.25, 0.3) is 0 Å². The fraction of sp³-hybridized carbons (Fsp3) is 0.625. The van der Waals surface area contributed by atoms with Crippen molar-refractivity contribution in [2.24, 2.45) is 5.92 Å². The first-order valence-corrected chi connectivity index (χ1v) is 8.06. The molecule has 2 rings (SSSR count). The molecule has 0 heterocycles. The molecule has 1 aliphatic carbocycles. The van der Waals surface area contributed by atoms with Crippen LogP contribution < -0.4 is 5.32 Å². The van der Waals surface area contributed by atoms with Crippen molar-refractivity contribution >= 4 is 23.2 Å². The van der Waals surface area contributed by atoms with Crippen LogP contribution in [0.3, 0.4) is 0 Å². The van der Waals surface area contributed by atoms with E-state index in [0.29, 0.717) is 16.6 Å². The first kappa shape index (κ1) is 16.1. The quantitative estimate of drug-likeness (QED) is 0.852. The molecule has 0 aromatic heterocycles. The largest absolute Gasteiger partial charge is 0.389 e. The van der Waals surface area contributed by atoms with Crippen molar-refractivity contribution in [3.8, 4) is 0 Å². The molecule has 1 fully saturated rings. The van der Waals surface area contributed by atoms with E-state index >= 15 is 0 Å². The molecule has 0 spiro atoms. The smallest absolute Gasteiger partial charge is 0.0772 e. The molecule has 0 saturated heterocycles. The van der Waals surface area contributed by atoms with Gasteiger partial charge in [-0.15, -0.1) is 0 Å². The molecule has 2 N–H and O–H groups in total. The Balaban J connectivity index is 1.95. The summed E-state index contributed by atoms with van der Waals surface area (Å²) in [6, 6.07) is 5.73. The third-order valence-corrected chi connectivity index (χ3v) is 5.22. The normalized spacial score (nSPS) is 28.4. The molecule has 4 heteroatoms. The molecule has 0 amide bonds. The molecule has 1 aromatic carbocycles. The highest BCUT2D eigenvalue weighted by atomic mass is 35.5. The average Bonchev–Trinajstić information content (AvgIpc) is 2.43. The first-order chi connectivity index (χ1) is 9.41. The predicted molar refractivity (Wildman–Crippen MR) is 85.5 cm³/mol. The van der Waals surface area contributed by atoms with Gasteiger partial charge in [0.2, 0.25) is 0 Å². The van der Waals surface area contributed by atoms with Gasteiger partial charge in [-0.25, -0.2) is 0 Å². The molecule has 2 nitrogen and oxygen atoms in total. The summed E-state index contributed by atoms with van der Waals surface area (Å²) in [6.45, 7) is 4.90. The van der Waals surface area contributed by atoms with Gasteiger partial charge in [0, 0.05) is 12.6 Å². The van der Waals surface area contributed by atoms with Crippen molar-refractivity contribution in [1.29, 1.82) is 0 Å². The third-order valence-electron chi connectivity index (χ3n) is 4.39. The maximum atomic E-state index is 10.6. The lowest BCUT2D eigenvalue weighted by Gasteiger charge is -2.36. The van der Waals surface area contributed by atoms with Crippen LogP contribution in [0.25, 0.3) is 0 Å². The number of hydrogen-bond acceptors (Lipinski definition) is 2. The van der Waals surface area contributed by atoms with Gasteiger partial charge in [-0.1, -0.05) is 42.3 Å². The van der Waals surface area contributed by atoms with E-state index in [2.05, 4.69) is 12.2 Å². The van der Waals surface area contributed by atoms with Crippen LogP contribution in [0.15, 0.2) is 18.2 Å². The van der Waals surface area contributed by atoms with Crippen LogP contribution in [0, 0.1) is 5.92 Å². The lowest BCUT2D eigenvalue weighted by Crippen LogP contribution is -2.44. The Morgan fingerprint density at radius 3 is 2.65 bits per heavy atom. The molecule has 1 atom stereocenters. The van der Waals surface area contributed by atoms with Gasteiger partial charge in [-0.05, 0) is 50.2 Å². The van der Waals surface area contributed by atoms with E-state index in [4.69, 9.17) is 23.2 Å². The molecule has 0 aliphatic heterocycles. The fourth-order valence-corrected chi connectivity index (χ4v) is 3.26. The second-order valence-corrected chi connectivity index (χ2v) is 6.94. The Kier molecular flexibility index (Phi) is 5.36. The molecule has 1 saturated carbocycles. The SMILES string of the molecule is CC1CCC(O)(CNC(C)c2cccc(Cl)c2Cl)CC1. The van der Waals surface area contributed by atoms with Gasteiger partial charge in [0.05, 0.1) is 15.6 Å². The summed E-state index contributed by atoms with van der Waals surface area (Å²) in [7, 11) is 0. The molecule has 0 radical (unpaired) electrons. The summed E-state index contributed by atoms with van der Waals surface area (Å²) < 4.78 is 0. The lowest BCUT2D eigenvalue weighted by atomic mass is 9.79. The first-order valence-electron chi connectivity index (χ1n) is 7.31. The molecule has 0 bridgehead atoms. The summed E-state index contributed by atoms with van der Waals surface area (Å²) in [5.74, 6) is 0.732. The van der Waals surface area contributed by atoms with Crippen LogP contribution >= 0.6 is 23.2 Å². The second-order valence-electron chi connectivity index (χ2n) is 6.15.